The predicted molar refractivity (Wildman–Crippen MR) is 131 cm³/mol. The first kappa shape index (κ1) is 22.0. The van der Waals surface area contributed by atoms with Crippen LogP contribution in [0.15, 0.2) is 72.8 Å². The highest BCUT2D eigenvalue weighted by Crippen LogP contribution is 2.44. The van der Waals surface area contributed by atoms with Gasteiger partial charge in [-0.25, -0.2) is 0 Å². The van der Waals surface area contributed by atoms with Gasteiger partial charge in [0.05, 0.1) is 24.8 Å². The van der Waals surface area contributed by atoms with Gasteiger partial charge in [-0.05, 0) is 53.3 Å². The summed E-state index contributed by atoms with van der Waals surface area (Å²) in [6.45, 7) is 2.25. The normalized spacial score (nSPS) is 17.7. The van der Waals surface area contributed by atoms with Gasteiger partial charge in [-0.2, -0.15) is 0 Å². The van der Waals surface area contributed by atoms with Crippen LogP contribution in [0.3, 0.4) is 0 Å². The molecule has 1 spiro atoms. The number of hydrogen-bond donors (Lipinski definition) is 2. The number of likely N-dealkylation sites (tertiary alicyclic amines) is 1. The highest BCUT2D eigenvalue weighted by molar-refractivity contribution is 6.30. The van der Waals surface area contributed by atoms with E-state index < -0.39 is 0 Å². The lowest BCUT2D eigenvalue weighted by atomic mass is 9.84. The fourth-order valence-corrected chi connectivity index (χ4v) is 5.25. The Balaban J connectivity index is 1.27. The van der Waals surface area contributed by atoms with Crippen molar-refractivity contribution in [2.45, 2.75) is 31.1 Å². The largest absolute Gasteiger partial charge is 0.398 e. The zero-order valence-electron chi connectivity index (χ0n) is 18.5. The van der Waals surface area contributed by atoms with E-state index in [1.807, 2.05) is 41.3 Å². The van der Waals surface area contributed by atoms with Gasteiger partial charge in [-0.15, -0.1) is 0 Å². The van der Waals surface area contributed by atoms with E-state index in [-0.39, 0.29) is 24.1 Å². The lowest BCUT2D eigenvalue weighted by molar-refractivity contribution is -0.137. The lowest BCUT2D eigenvalue weighted by Gasteiger charge is -2.39. The first-order valence-corrected chi connectivity index (χ1v) is 11.8. The van der Waals surface area contributed by atoms with Gasteiger partial charge in [-0.1, -0.05) is 66.2 Å². The molecular weight excluding hydrogens is 434 g/mol. The number of rotatable bonds is 5. The molecule has 3 aromatic rings. The molecule has 1 amide bonds. The topological polar surface area (TPSA) is 67.6 Å². The molecular formula is C27H28ClN3O2. The van der Waals surface area contributed by atoms with Crippen molar-refractivity contribution < 1.29 is 9.53 Å². The average molecular weight is 462 g/mol. The first-order chi connectivity index (χ1) is 16.1. The van der Waals surface area contributed by atoms with E-state index in [4.69, 9.17) is 22.1 Å². The lowest BCUT2D eigenvalue weighted by Crippen LogP contribution is -2.48. The fourth-order valence-electron chi connectivity index (χ4n) is 5.06. The van der Waals surface area contributed by atoms with Gasteiger partial charge in [0.15, 0.2) is 0 Å². The molecule has 1 fully saturated rings. The van der Waals surface area contributed by atoms with Gasteiger partial charge in [0.1, 0.15) is 0 Å². The Morgan fingerprint density at radius 1 is 1.06 bits per heavy atom. The molecule has 1 atom stereocenters. The van der Waals surface area contributed by atoms with Crippen LogP contribution in [0.1, 0.15) is 41.1 Å². The molecule has 3 aromatic carbocycles. The molecule has 2 aliphatic rings. The van der Waals surface area contributed by atoms with E-state index in [9.17, 15) is 4.79 Å². The Morgan fingerprint density at radius 2 is 1.79 bits per heavy atom. The van der Waals surface area contributed by atoms with Crippen molar-refractivity contribution in [1.29, 1.82) is 0 Å². The number of benzene rings is 3. The molecule has 0 aromatic heterocycles. The van der Waals surface area contributed by atoms with Crippen LogP contribution in [0.5, 0.6) is 0 Å². The molecule has 170 valence electrons. The van der Waals surface area contributed by atoms with E-state index >= 15 is 0 Å². The van der Waals surface area contributed by atoms with Crippen molar-refractivity contribution in [1.82, 2.24) is 10.2 Å². The molecule has 0 aliphatic carbocycles. The number of halogens is 1. The van der Waals surface area contributed by atoms with E-state index in [0.29, 0.717) is 30.4 Å². The molecule has 6 heteroatoms. The van der Waals surface area contributed by atoms with Gasteiger partial charge in [-0.3, -0.25) is 10.1 Å². The molecule has 2 aliphatic heterocycles. The highest BCUT2D eigenvalue weighted by atomic mass is 35.5. The molecule has 0 bridgehead atoms. The summed E-state index contributed by atoms with van der Waals surface area (Å²) in [6.07, 6.45) is 1.64. The van der Waals surface area contributed by atoms with Crippen molar-refractivity contribution in [2.24, 2.45) is 0 Å². The smallest absolute Gasteiger partial charge is 0.236 e. The van der Waals surface area contributed by atoms with Crippen LogP contribution in [0.2, 0.25) is 5.02 Å². The number of nitrogens with zero attached hydrogens (tertiary/aromatic N) is 1. The van der Waals surface area contributed by atoms with Gasteiger partial charge in [0, 0.05) is 23.8 Å². The molecule has 33 heavy (non-hydrogen) atoms. The third-order valence-corrected chi connectivity index (χ3v) is 7.12. The van der Waals surface area contributed by atoms with E-state index in [0.717, 1.165) is 24.0 Å². The second kappa shape index (κ2) is 9.18. The maximum absolute atomic E-state index is 13.1. The molecule has 3 N–H and O–H groups in total. The Labute approximate surface area is 199 Å². The summed E-state index contributed by atoms with van der Waals surface area (Å²) in [5.41, 5.74) is 11.1. The van der Waals surface area contributed by atoms with Crippen LogP contribution in [0.25, 0.3) is 0 Å². The van der Waals surface area contributed by atoms with E-state index in [2.05, 4.69) is 29.6 Å². The van der Waals surface area contributed by atoms with Crippen LogP contribution in [0, 0.1) is 0 Å². The third-order valence-electron chi connectivity index (χ3n) is 6.89. The van der Waals surface area contributed by atoms with Crippen LogP contribution in [0.4, 0.5) is 5.69 Å². The Bertz CT molecular complexity index is 1140. The number of fused-ring (bicyclic) bond motifs is 2. The van der Waals surface area contributed by atoms with E-state index in [1.165, 1.54) is 11.1 Å². The van der Waals surface area contributed by atoms with Gasteiger partial charge < -0.3 is 15.4 Å². The van der Waals surface area contributed by atoms with Crippen LogP contribution in [-0.2, 0) is 21.7 Å². The van der Waals surface area contributed by atoms with Crippen LogP contribution < -0.4 is 11.1 Å². The number of hydrogen-bond acceptors (Lipinski definition) is 4. The standard InChI is InChI=1S/C27H28ClN3O2/c28-21-10-11-24(29)22(16-21)26(19-6-2-1-3-7-19)30-17-25(32)31-14-12-27(13-15-31)23-9-5-4-8-20(23)18-33-27/h1-11,16,26,30H,12-15,17-18,29H2. The molecule has 1 saturated heterocycles. The van der Waals surface area contributed by atoms with E-state index in [1.54, 1.807) is 12.1 Å². The van der Waals surface area contributed by atoms with Gasteiger partial charge in [0.2, 0.25) is 5.91 Å². The Kier molecular flexibility index (Phi) is 6.11. The molecule has 5 rings (SSSR count). The zero-order valence-corrected chi connectivity index (χ0v) is 19.2. The highest BCUT2D eigenvalue weighted by Gasteiger charge is 2.43. The number of amides is 1. The molecule has 0 saturated carbocycles. The molecule has 2 heterocycles. The third kappa shape index (κ3) is 4.36. The minimum absolute atomic E-state index is 0.0812. The first-order valence-electron chi connectivity index (χ1n) is 11.4. The predicted octanol–water partition coefficient (Wildman–Crippen LogP) is 4.65. The number of carbonyl (C=O) groups is 1. The molecule has 0 radical (unpaired) electrons. The van der Waals surface area contributed by atoms with Crippen molar-refractivity contribution in [3.63, 3.8) is 0 Å². The summed E-state index contributed by atoms with van der Waals surface area (Å²) in [7, 11) is 0. The van der Waals surface area contributed by atoms with Gasteiger partial charge in [0.25, 0.3) is 0 Å². The Hall–Kier alpha value is -2.86. The minimum atomic E-state index is -0.247. The summed E-state index contributed by atoms with van der Waals surface area (Å²) in [5, 5.41) is 4.05. The second-order valence-corrected chi connectivity index (χ2v) is 9.26. The quantitative estimate of drug-likeness (QED) is 0.543. The number of piperidine rings is 1. The number of anilines is 1. The van der Waals surface area contributed by atoms with Gasteiger partial charge >= 0.3 is 0 Å². The number of ether oxygens (including phenoxy) is 1. The van der Waals surface area contributed by atoms with Crippen molar-refractivity contribution in [2.75, 3.05) is 25.4 Å². The zero-order chi connectivity index (χ0) is 22.8. The van der Waals surface area contributed by atoms with Crippen LogP contribution in [-0.4, -0.2) is 30.4 Å². The maximum atomic E-state index is 13.1. The molecule has 1 unspecified atom stereocenters. The summed E-state index contributed by atoms with van der Waals surface area (Å²) < 4.78 is 6.24. The average Bonchev–Trinajstić information content (AvgIpc) is 3.20. The molecule has 5 nitrogen and oxygen atoms in total. The number of nitrogens with one attached hydrogen (secondary N) is 1. The van der Waals surface area contributed by atoms with Crippen molar-refractivity contribution >= 4 is 23.2 Å². The summed E-state index contributed by atoms with van der Waals surface area (Å²) in [4.78, 5) is 15.1. The summed E-state index contributed by atoms with van der Waals surface area (Å²) in [5.74, 6) is 0.0812. The minimum Gasteiger partial charge on any atom is -0.398 e. The SMILES string of the molecule is Nc1ccc(Cl)cc1C(NCC(=O)N1CCC2(CC1)OCc1ccccc12)c1ccccc1. The fraction of sp³-hybridized carbons (Fsp3) is 0.296. The second-order valence-electron chi connectivity index (χ2n) is 8.82. The number of nitrogen functional groups attached to an aromatic ring is 1. The van der Waals surface area contributed by atoms with Crippen molar-refractivity contribution in [3.05, 3.63) is 100 Å². The summed E-state index contributed by atoms with van der Waals surface area (Å²) >= 11 is 6.26. The Morgan fingerprint density at radius 3 is 2.58 bits per heavy atom. The number of carbonyl (C=O) groups excluding carboxylic acids is 1. The van der Waals surface area contributed by atoms with Crippen molar-refractivity contribution in [3.8, 4) is 0 Å². The monoisotopic (exact) mass is 461 g/mol. The number of nitrogens with two attached hydrogens (primary N) is 1. The van der Waals surface area contributed by atoms with Crippen LogP contribution >= 0.6 is 11.6 Å². The maximum Gasteiger partial charge on any atom is 0.236 e. The summed E-state index contributed by atoms with van der Waals surface area (Å²) in [6, 6.07) is 23.7.